The third kappa shape index (κ3) is 4.84. The largest absolute Gasteiger partial charge is 0.507 e. The number of aryl methyl sites for hydroxylation is 2. The van der Waals surface area contributed by atoms with Gasteiger partial charge in [-0.2, -0.15) is 0 Å². The molecule has 4 rings (SSSR count). The number of aliphatic hydroxyl groups excluding tert-OH is 1. The van der Waals surface area contributed by atoms with Crippen LogP contribution in [0, 0.1) is 13.8 Å². The number of carbonyl (C=O) groups is 3. The van der Waals surface area contributed by atoms with Crippen molar-refractivity contribution < 1.29 is 24.2 Å². The van der Waals surface area contributed by atoms with Crippen LogP contribution in [-0.4, -0.2) is 29.4 Å². The molecule has 36 heavy (non-hydrogen) atoms. The van der Waals surface area contributed by atoms with Crippen LogP contribution in [0.3, 0.4) is 0 Å². The number of nitrogens with zero attached hydrogens (tertiary/aromatic N) is 1. The van der Waals surface area contributed by atoms with E-state index in [0.29, 0.717) is 23.2 Å². The molecular weight excluding hydrogens is 522 g/mol. The minimum Gasteiger partial charge on any atom is -0.507 e. The molecule has 1 unspecified atom stereocenters. The fourth-order valence-corrected chi connectivity index (χ4v) is 4.51. The molecule has 0 radical (unpaired) electrons. The number of ether oxygens (including phenoxy) is 1. The zero-order chi connectivity index (χ0) is 26.0. The Morgan fingerprint density at radius 2 is 1.75 bits per heavy atom. The highest BCUT2D eigenvalue weighted by Gasteiger charge is 2.47. The van der Waals surface area contributed by atoms with Gasteiger partial charge in [-0.1, -0.05) is 64.8 Å². The van der Waals surface area contributed by atoms with Crippen LogP contribution in [0.25, 0.3) is 5.76 Å². The van der Waals surface area contributed by atoms with E-state index in [1.807, 2.05) is 45.0 Å². The predicted molar refractivity (Wildman–Crippen MR) is 142 cm³/mol. The van der Waals surface area contributed by atoms with E-state index in [-0.39, 0.29) is 23.5 Å². The molecule has 6 nitrogen and oxygen atoms in total. The number of rotatable bonds is 6. The van der Waals surface area contributed by atoms with Crippen molar-refractivity contribution >= 4 is 45.0 Å². The number of hydrogen-bond donors (Lipinski definition) is 1. The van der Waals surface area contributed by atoms with Gasteiger partial charge in [-0.15, -0.1) is 0 Å². The number of aliphatic hydroxyl groups is 1. The molecule has 1 atom stereocenters. The van der Waals surface area contributed by atoms with Crippen LogP contribution < -0.4 is 4.90 Å². The summed E-state index contributed by atoms with van der Waals surface area (Å²) in [6, 6.07) is 18.2. The van der Waals surface area contributed by atoms with Gasteiger partial charge in [-0.05, 0) is 61.7 Å². The summed E-state index contributed by atoms with van der Waals surface area (Å²) in [5.74, 6) is -2.33. The maximum absolute atomic E-state index is 13.4. The lowest BCUT2D eigenvalue weighted by Gasteiger charge is -2.26. The molecule has 0 spiro atoms. The van der Waals surface area contributed by atoms with Gasteiger partial charge in [0.05, 0.1) is 23.8 Å². The topological polar surface area (TPSA) is 83.9 Å². The minimum atomic E-state index is -0.879. The van der Waals surface area contributed by atoms with E-state index in [4.69, 9.17) is 4.74 Å². The number of anilines is 1. The summed E-state index contributed by atoms with van der Waals surface area (Å²) in [6.45, 7) is 5.97. The lowest BCUT2D eigenvalue weighted by molar-refractivity contribution is -0.132. The summed E-state index contributed by atoms with van der Waals surface area (Å²) in [6.07, 6.45) is 0.683. The Balaban J connectivity index is 1.89. The highest BCUT2D eigenvalue weighted by molar-refractivity contribution is 9.10. The van der Waals surface area contributed by atoms with Crippen molar-refractivity contribution in [2.24, 2.45) is 0 Å². The number of carbonyl (C=O) groups excluding carboxylic acids is 3. The SMILES string of the molecule is CCCOC(=O)c1cccc(N2C(=O)C(=O)/C(=C(/O)c3ccc(Br)c(C)c3)C2c2cccc(C)c2)c1. The Morgan fingerprint density at radius 3 is 2.44 bits per heavy atom. The van der Waals surface area contributed by atoms with E-state index in [1.54, 1.807) is 36.4 Å². The standard InChI is InChI=1S/C29H26BrNO5/c1-4-13-36-29(35)21-9-6-10-22(16-21)31-25(19-8-5-7-17(2)14-19)24(27(33)28(31)34)26(32)20-11-12-23(30)18(3)15-20/h5-12,14-16,25,32H,4,13H2,1-3H3/b26-24+. The number of halogens is 1. The normalized spacial score (nSPS) is 16.9. The summed E-state index contributed by atoms with van der Waals surface area (Å²) >= 11 is 3.45. The van der Waals surface area contributed by atoms with Crippen molar-refractivity contribution in [3.63, 3.8) is 0 Å². The molecule has 3 aromatic rings. The molecule has 0 aliphatic carbocycles. The molecule has 7 heteroatoms. The Bertz CT molecular complexity index is 1390. The average molecular weight is 548 g/mol. The molecule has 1 heterocycles. The van der Waals surface area contributed by atoms with Crippen LogP contribution in [0.1, 0.15) is 52.0 Å². The third-order valence-corrected chi connectivity index (χ3v) is 6.92. The first kappa shape index (κ1) is 25.4. The number of benzene rings is 3. The van der Waals surface area contributed by atoms with E-state index in [2.05, 4.69) is 15.9 Å². The monoisotopic (exact) mass is 547 g/mol. The van der Waals surface area contributed by atoms with Gasteiger partial charge >= 0.3 is 5.97 Å². The molecule has 184 valence electrons. The molecule has 3 aromatic carbocycles. The number of esters is 1. The smallest absolute Gasteiger partial charge is 0.338 e. The third-order valence-electron chi connectivity index (χ3n) is 6.03. The zero-order valence-corrected chi connectivity index (χ0v) is 21.8. The average Bonchev–Trinajstić information content (AvgIpc) is 3.14. The maximum atomic E-state index is 13.4. The van der Waals surface area contributed by atoms with Gasteiger partial charge in [0.25, 0.3) is 11.7 Å². The lowest BCUT2D eigenvalue weighted by Crippen LogP contribution is -2.29. The van der Waals surface area contributed by atoms with Gasteiger partial charge in [0.1, 0.15) is 5.76 Å². The molecule has 1 amide bonds. The van der Waals surface area contributed by atoms with Crippen LogP contribution in [0.5, 0.6) is 0 Å². The van der Waals surface area contributed by atoms with E-state index >= 15 is 0 Å². The van der Waals surface area contributed by atoms with Crippen molar-refractivity contribution in [1.82, 2.24) is 0 Å². The predicted octanol–water partition coefficient (Wildman–Crippen LogP) is 6.26. The number of hydrogen-bond acceptors (Lipinski definition) is 5. The first-order valence-electron chi connectivity index (χ1n) is 11.6. The molecule has 0 aromatic heterocycles. The maximum Gasteiger partial charge on any atom is 0.338 e. The summed E-state index contributed by atoms with van der Waals surface area (Å²) in [7, 11) is 0. The van der Waals surface area contributed by atoms with Gasteiger partial charge in [0, 0.05) is 15.7 Å². The summed E-state index contributed by atoms with van der Waals surface area (Å²) in [5, 5.41) is 11.3. The first-order valence-corrected chi connectivity index (χ1v) is 12.4. The number of Topliss-reactive ketones (excluding diaryl/α,β-unsaturated/α-hetero) is 1. The highest BCUT2D eigenvalue weighted by atomic mass is 79.9. The quantitative estimate of drug-likeness (QED) is 0.170. The van der Waals surface area contributed by atoms with Gasteiger partial charge in [-0.25, -0.2) is 4.79 Å². The van der Waals surface area contributed by atoms with Gasteiger partial charge in [-0.3, -0.25) is 14.5 Å². The van der Waals surface area contributed by atoms with Gasteiger partial charge < -0.3 is 9.84 Å². The minimum absolute atomic E-state index is 0.00807. The zero-order valence-electron chi connectivity index (χ0n) is 20.2. The van der Waals surface area contributed by atoms with Crippen LogP contribution in [0.15, 0.2) is 76.8 Å². The second-order valence-corrected chi connectivity index (χ2v) is 9.59. The van der Waals surface area contributed by atoms with Crippen molar-refractivity contribution in [2.75, 3.05) is 11.5 Å². The Labute approximate surface area is 218 Å². The van der Waals surface area contributed by atoms with Crippen molar-refractivity contribution in [1.29, 1.82) is 0 Å². The van der Waals surface area contributed by atoms with Gasteiger partial charge in [0.2, 0.25) is 0 Å². The second-order valence-electron chi connectivity index (χ2n) is 8.73. The second kappa shape index (κ2) is 10.5. The van der Waals surface area contributed by atoms with Crippen LogP contribution in [0.2, 0.25) is 0 Å². The molecule has 1 saturated heterocycles. The molecule has 1 N–H and O–H groups in total. The molecular formula is C29H26BrNO5. The summed E-state index contributed by atoms with van der Waals surface area (Å²) in [5.41, 5.74) is 3.54. The lowest BCUT2D eigenvalue weighted by atomic mass is 9.94. The molecule has 1 aliphatic rings. The van der Waals surface area contributed by atoms with Crippen molar-refractivity contribution in [3.05, 3.63) is 105 Å². The number of amides is 1. The van der Waals surface area contributed by atoms with Gasteiger partial charge in [0.15, 0.2) is 0 Å². The van der Waals surface area contributed by atoms with Crippen molar-refractivity contribution in [3.8, 4) is 0 Å². The molecule has 0 bridgehead atoms. The number of ketones is 1. The van der Waals surface area contributed by atoms with Crippen LogP contribution >= 0.6 is 15.9 Å². The molecule has 1 fully saturated rings. The van der Waals surface area contributed by atoms with E-state index < -0.39 is 23.7 Å². The Hall–Kier alpha value is -3.71. The fraction of sp³-hybridized carbons (Fsp3) is 0.207. The van der Waals surface area contributed by atoms with E-state index in [1.165, 1.54) is 11.0 Å². The highest BCUT2D eigenvalue weighted by Crippen LogP contribution is 2.42. The van der Waals surface area contributed by atoms with Crippen LogP contribution in [-0.2, 0) is 14.3 Å². The molecule has 0 saturated carbocycles. The fourth-order valence-electron chi connectivity index (χ4n) is 4.26. The summed E-state index contributed by atoms with van der Waals surface area (Å²) < 4.78 is 6.11. The first-order chi connectivity index (χ1) is 17.2. The van der Waals surface area contributed by atoms with Crippen LogP contribution in [0.4, 0.5) is 5.69 Å². The van der Waals surface area contributed by atoms with Crippen molar-refractivity contribution in [2.45, 2.75) is 33.2 Å². The van der Waals surface area contributed by atoms with E-state index in [9.17, 15) is 19.5 Å². The summed E-state index contributed by atoms with van der Waals surface area (Å²) in [4.78, 5) is 40.6. The molecule has 1 aliphatic heterocycles. The Morgan fingerprint density at radius 1 is 1.00 bits per heavy atom. The van der Waals surface area contributed by atoms with E-state index in [0.717, 1.165) is 15.6 Å². The Kier molecular flexibility index (Phi) is 7.40.